The second-order valence-electron chi connectivity index (χ2n) is 3.40. The predicted octanol–water partition coefficient (Wildman–Crippen LogP) is 2.00. The lowest BCUT2D eigenvalue weighted by atomic mass is 10.3. The highest BCUT2D eigenvalue weighted by Crippen LogP contribution is 2.23. The molecule has 1 saturated heterocycles. The van der Waals surface area contributed by atoms with Crippen molar-refractivity contribution in [2.45, 2.75) is 12.5 Å². The van der Waals surface area contributed by atoms with Gasteiger partial charge in [0.25, 0.3) is 5.91 Å². The smallest absolute Gasteiger partial charge is 0.264 e. The van der Waals surface area contributed by atoms with E-state index in [1.54, 1.807) is 17.0 Å². The Morgan fingerprint density at radius 3 is 2.80 bits per heavy atom. The van der Waals surface area contributed by atoms with Gasteiger partial charge in [0.15, 0.2) is 0 Å². The van der Waals surface area contributed by atoms with E-state index < -0.39 is 0 Å². The van der Waals surface area contributed by atoms with E-state index in [9.17, 15) is 4.79 Å². The molecule has 2 N–H and O–H groups in total. The number of hydrogen-bond acceptors (Lipinski definition) is 3. The second-order valence-corrected chi connectivity index (χ2v) is 5.12. The van der Waals surface area contributed by atoms with Crippen molar-refractivity contribution in [3.8, 4) is 0 Å². The minimum absolute atomic E-state index is 0. The van der Waals surface area contributed by atoms with Crippen LogP contribution in [0.1, 0.15) is 16.1 Å². The van der Waals surface area contributed by atoms with Crippen LogP contribution in [0.4, 0.5) is 0 Å². The molecule has 1 aliphatic rings. The van der Waals surface area contributed by atoms with Crippen LogP contribution in [0.5, 0.6) is 0 Å². The Bertz CT molecular complexity index is 356. The van der Waals surface area contributed by atoms with Gasteiger partial charge in [0.05, 0.1) is 9.21 Å². The molecule has 0 saturated carbocycles. The Labute approximate surface area is 104 Å². The zero-order chi connectivity index (χ0) is 10.1. The largest absolute Gasteiger partial charge is 0.336 e. The van der Waals surface area contributed by atoms with Crippen molar-refractivity contribution in [2.24, 2.45) is 5.73 Å². The normalized spacial score (nSPS) is 20.1. The fraction of sp³-hybridized carbons (Fsp3) is 0.444. The van der Waals surface area contributed by atoms with Crippen molar-refractivity contribution in [1.82, 2.24) is 4.90 Å². The van der Waals surface area contributed by atoms with Crippen LogP contribution in [0.2, 0.25) is 4.34 Å². The van der Waals surface area contributed by atoms with Crippen LogP contribution in [-0.4, -0.2) is 29.9 Å². The first-order valence-electron chi connectivity index (χ1n) is 4.47. The number of carbonyl (C=O) groups excluding carboxylic acids is 1. The quantitative estimate of drug-likeness (QED) is 0.845. The molecule has 1 atom stereocenters. The van der Waals surface area contributed by atoms with Gasteiger partial charge in [-0.2, -0.15) is 0 Å². The molecule has 0 aromatic carbocycles. The lowest BCUT2D eigenvalue weighted by Crippen LogP contribution is -2.31. The van der Waals surface area contributed by atoms with E-state index in [0.717, 1.165) is 13.0 Å². The highest BCUT2D eigenvalue weighted by Gasteiger charge is 2.25. The van der Waals surface area contributed by atoms with Gasteiger partial charge in [-0.05, 0) is 18.6 Å². The number of rotatable bonds is 1. The zero-order valence-electron chi connectivity index (χ0n) is 7.98. The van der Waals surface area contributed by atoms with Gasteiger partial charge in [-0.25, -0.2) is 0 Å². The van der Waals surface area contributed by atoms with Crippen molar-refractivity contribution in [2.75, 3.05) is 13.1 Å². The van der Waals surface area contributed by atoms with Crippen molar-refractivity contribution < 1.29 is 4.79 Å². The van der Waals surface area contributed by atoms with Crippen LogP contribution in [0.15, 0.2) is 12.1 Å². The molecule has 1 aliphatic heterocycles. The maximum absolute atomic E-state index is 11.8. The van der Waals surface area contributed by atoms with E-state index in [1.807, 2.05) is 0 Å². The topological polar surface area (TPSA) is 46.3 Å². The molecule has 15 heavy (non-hydrogen) atoms. The van der Waals surface area contributed by atoms with Crippen molar-refractivity contribution in [3.05, 3.63) is 21.3 Å². The Morgan fingerprint density at radius 1 is 1.60 bits per heavy atom. The minimum Gasteiger partial charge on any atom is -0.336 e. The number of thiophene rings is 1. The molecule has 0 bridgehead atoms. The first-order valence-corrected chi connectivity index (χ1v) is 5.66. The second kappa shape index (κ2) is 5.16. The molecule has 84 valence electrons. The Morgan fingerprint density at radius 2 is 2.33 bits per heavy atom. The number of halogens is 2. The average molecular weight is 267 g/mol. The van der Waals surface area contributed by atoms with Crippen LogP contribution in [0.3, 0.4) is 0 Å². The summed E-state index contributed by atoms with van der Waals surface area (Å²) in [7, 11) is 0. The van der Waals surface area contributed by atoms with Crippen LogP contribution in [0.25, 0.3) is 0 Å². The van der Waals surface area contributed by atoms with Gasteiger partial charge >= 0.3 is 0 Å². The van der Waals surface area contributed by atoms with Gasteiger partial charge in [-0.3, -0.25) is 4.79 Å². The molecule has 1 fully saturated rings. The van der Waals surface area contributed by atoms with E-state index in [1.165, 1.54) is 11.3 Å². The Kier molecular flexibility index (Phi) is 4.40. The summed E-state index contributed by atoms with van der Waals surface area (Å²) in [5, 5.41) is 0. The van der Waals surface area contributed by atoms with Crippen LogP contribution in [0, 0.1) is 0 Å². The van der Waals surface area contributed by atoms with Gasteiger partial charge in [0, 0.05) is 19.1 Å². The van der Waals surface area contributed by atoms with Gasteiger partial charge < -0.3 is 10.6 Å². The highest BCUT2D eigenvalue weighted by atomic mass is 35.5. The number of likely N-dealkylation sites (tertiary alicyclic amines) is 1. The molecule has 6 heteroatoms. The van der Waals surface area contributed by atoms with Crippen LogP contribution < -0.4 is 5.73 Å². The maximum atomic E-state index is 11.8. The fourth-order valence-electron chi connectivity index (χ4n) is 1.56. The van der Waals surface area contributed by atoms with Gasteiger partial charge in [0.2, 0.25) is 0 Å². The SMILES string of the molecule is Cl.N[C@H]1CCN(C(=O)c2ccc(Cl)s2)C1. The molecule has 1 aromatic heterocycles. The number of nitrogens with two attached hydrogens (primary N) is 1. The summed E-state index contributed by atoms with van der Waals surface area (Å²) >= 11 is 7.08. The lowest BCUT2D eigenvalue weighted by molar-refractivity contribution is 0.0795. The van der Waals surface area contributed by atoms with Crippen molar-refractivity contribution in [3.63, 3.8) is 0 Å². The first kappa shape index (κ1) is 12.8. The molecule has 1 aromatic rings. The number of hydrogen-bond donors (Lipinski definition) is 1. The predicted molar refractivity (Wildman–Crippen MR) is 65.1 cm³/mol. The Balaban J connectivity index is 0.00000112. The van der Waals surface area contributed by atoms with E-state index in [0.29, 0.717) is 15.8 Å². The summed E-state index contributed by atoms with van der Waals surface area (Å²) in [6, 6.07) is 3.64. The minimum atomic E-state index is 0. The standard InChI is InChI=1S/C9H11ClN2OS.ClH/c10-8-2-1-7(14-8)9(13)12-4-3-6(11)5-12;/h1-2,6H,3-5,11H2;1H/t6-;/m0./s1. The molecule has 3 nitrogen and oxygen atoms in total. The van der Waals surface area contributed by atoms with Gasteiger partial charge in [-0.15, -0.1) is 23.7 Å². The molecule has 1 amide bonds. The third-order valence-corrected chi connectivity index (χ3v) is 3.52. The molecule has 0 radical (unpaired) electrons. The summed E-state index contributed by atoms with van der Waals surface area (Å²) in [6.45, 7) is 1.42. The summed E-state index contributed by atoms with van der Waals surface area (Å²) in [5.74, 6) is 0.0508. The average Bonchev–Trinajstić information content (AvgIpc) is 2.73. The zero-order valence-corrected chi connectivity index (χ0v) is 10.4. The highest BCUT2D eigenvalue weighted by molar-refractivity contribution is 7.17. The van der Waals surface area contributed by atoms with E-state index in [2.05, 4.69) is 0 Å². The van der Waals surface area contributed by atoms with Crippen molar-refractivity contribution >= 4 is 41.3 Å². The fourth-order valence-corrected chi connectivity index (χ4v) is 2.57. The van der Waals surface area contributed by atoms with E-state index in [4.69, 9.17) is 17.3 Å². The van der Waals surface area contributed by atoms with Gasteiger partial charge in [0.1, 0.15) is 0 Å². The summed E-state index contributed by atoms with van der Waals surface area (Å²) in [5.41, 5.74) is 5.73. The number of amides is 1. The third-order valence-electron chi connectivity index (χ3n) is 2.30. The third kappa shape index (κ3) is 2.84. The Hall–Kier alpha value is -0.290. The monoisotopic (exact) mass is 266 g/mol. The lowest BCUT2D eigenvalue weighted by Gasteiger charge is -2.13. The van der Waals surface area contributed by atoms with Crippen LogP contribution in [-0.2, 0) is 0 Å². The van der Waals surface area contributed by atoms with E-state index in [-0.39, 0.29) is 24.4 Å². The molecular weight excluding hydrogens is 255 g/mol. The molecule has 0 unspecified atom stereocenters. The molecule has 0 aliphatic carbocycles. The maximum Gasteiger partial charge on any atom is 0.264 e. The summed E-state index contributed by atoms with van der Waals surface area (Å²) < 4.78 is 0.650. The molecule has 2 heterocycles. The number of carbonyl (C=O) groups is 1. The van der Waals surface area contributed by atoms with Crippen LogP contribution >= 0.6 is 35.3 Å². The first-order chi connectivity index (χ1) is 6.66. The van der Waals surface area contributed by atoms with Gasteiger partial charge in [-0.1, -0.05) is 11.6 Å². The summed E-state index contributed by atoms with van der Waals surface area (Å²) in [4.78, 5) is 14.3. The van der Waals surface area contributed by atoms with E-state index >= 15 is 0 Å². The number of nitrogens with zero attached hydrogens (tertiary/aromatic N) is 1. The molecule has 2 rings (SSSR count). The molecule has 0 spiro atoms. The summed E-state index contributed by atoms with van der Waals surface area (Å²) in [6.07, 6.45) is 0.894. The molecular formula is C9H12Cl2N2OS. The van der Waals surface area contributed by atoms with Crippen molar-refractivity contribution in [1.29, 1.82) is 0 Å².